The van der Waals surface area contributed by atoms with Gasteiger partial charge in [-0.05, 0) is 25.1 Å². The molecule has 0 saturated heterocycles. The Labute approximate surface area is 198 Å². The minimum atomic E-state index is -0.270. The molecule has 0 aromatic carbocycles. The number of H-pyrrole nitrogens is 1. The predicted octanol–water partition coefficient (Wildman–Crippen LogP) is 3.39. The summed E-state index contributed by atoms with van der Waals surface area (Å²) in [6, 6.07) is 5.69. The first-order chi connectivity index (χ1) is 16.6. The van der Waals surface area contributed by atoms with E-state index in [0.717, 1.165) is 46.9 Å². The zero-order chi connectivity index (χ0) is 23.1. The van der Waals surface area contributed by atoms with Crippen molar-refractivity contribution >= 4 is 38.5 Å². The summed E-state index contributed by atoms with van der Waals surface area (Å²) in [5.41, 5.74) is 6.61. The summed E-state index contributed by atoms with van der Waals surface area (Å²) in [4.78, 5) is 38.0. The highest BCUT2D eigenvalue weighted by Gasteiger charge is 2.24. The number of nitrogens with zero attached hydrogens (tertiary/aromatic N) is 7. The van der Waals surface area contributed by atoms with Crippen molar-refractivity contribution in [2.45, 2.75) is 19.9 Å². The second kappa shape index (κ2) is 8.27. The molecule has 5 aromatic rings. The fourth-order valence-electron chi connectivity index (χ4n) is 4.01. The van der Waals surface area contributed by atoms with Gasteiger partial charge in [-0.2, -0.15) is 10.1 Å². The monoisotopic (exact) mass is 469 g/mol. The molecule has 1 aliphatic heterocycles. The van der Waals surface area contributed by atoms with E-state index in [1.54, 1.807) is 24.8 Å². The van der Waals surface area contributed by atoms with Crippen molar-refractivity contribution in [1.82, 2.24) is 35.1 Å². The molecule has 6 rings (SSSR count). The second-order valence-electron chi connectivity index (χ2n) is 7.98. The SMILES string of the molecule is Cc1cc(N2CCc3[nH]ncc3C2)c(C(=O)Nc2nc3ncc(-c4ccncc4)nc3s2)cn1. The summed E-state index contributed by atoms with van der Waals surface area (Å²) < 4.78 is 0. The Balaban J connectivity index is 1.28. The van der Waals surface area contributed by atoms with Gasteiger partial charge in [0.2, 0.25) is 0 Å². The number of fused-ring (bicyclic) bond motifs is 2. The van der Waals surface area contributed by atoms with Gasteiger partial charge in [0.25, 0.3) is 5.91 Å². The molecular weight excluding hydrogens is 450 g/mol. The summed E-state index contributed by atoms with van der Waals surface area (Å²) in [6.45, 7) is 3.39. The molecule has 0 atom stereocenters. The normalized spacial score (nSPS) is 13.1. The van der Waals surface area contributed by atoms with Gasteiger partial charge in [-0.3, -0.25) is 25.2 Å². The van der Waals surface area contributed by atoms with Crippen LogP contribution in [0, 0.1) is 6.92 Å². The van der Waals surface area contributed by atoms with Crippen molar-refractivity contribution < 1.29 is 4.79 Å². The van der Waals surface area contributed by atoms with E-state index in [-0.39, 0.29) is 5.91 Å². The molecule has 0 aliphatic carbocycles. The van der Waals surface area contributed by atoms with Crippen molar-refractivity contribution in [3.8, 4) is 11.3 Å². The van der Waals surface area contributed by atoms with Gasteiger partial charge in [0, 0.05) is 60.6 Å². The lowest BCUT2D eigenvalue weighted by Crippen LogP contribution is -2.32. The first kappa shape index (κ1) is 20.4. The van der Waals surface area contributed by atoms with Gasteiger partial charge in [-0.1, -0.05) is 11.3 Å². The number of pyridine rings is 2. The molecule has 11 heteroatoms. The highest BCUT2D eigenvalue weighted by atomic mass is 32.1. The number of anilines is 2. The number of thiazole rings is 1. The third kappa shape index (κ3) is 3.75. The molecule has 0 bridgehead atoms. The van der Waals surface area contributed by atoms with Gasteiger partial charge in [0.1, 0.15) is 0 Å². The maximum absolute atomic E-state index is 13.3. The molecule has 6 heterocycles. The molecule has 168 valence electrons. The van der Waals surface area contributed by atoms with Crippen LogP contribution >= 0.6 is 11.3 Å². The Hall–Kier alpha value is -4.25. The number of hydrogen-bond acceptors (Lipinski definition) is 9. The van der Waals surface area contributed by atoms with Crippen molar-refractivity contribution in [2.75, 3.05) is 16.8 Å². The lowest BCUT2D eigenvalue weighted by Gasteiger charge is -2.30. The van der Waals surface area contributed by atoms with Crippen LogP contribution in [0.5, 0.6) is 0 Å². The van der Waals surface area contributed by atoms with Gasteiger partial charge in [-0.15, -0.1) is 0 Å². The van der Waals surface area contributed by atoms with E-state index in [9.17, 15) is 4.79 Å². The van der Waals surface area contributed by atoms with Crippen LogP contribution in [0.3, 0.4) is 0 Å². The smallest absolute Gasteiger partial charge is 0.261 e. The van der Waals surface area contributed by atoms with Gasteiger partial charge in [-0.25, -0.2) is 9.97 Å². The first-order valence-electron chi connectivity index (χ1n) is 10.7. The van der Waals surface area contributed by atoms with Crippen LogP contribution in [0.2, 0.25) is 0 Å². The third-order valence-electron chi connectivity index (χ3n) is 5.72. The average molecular weight is 470 g/mol. The third-order valence-corrected chi connectivity index (χ3v) is 6.58. The van der Waals surface area contributed by atoms with Crippen molar-refractivity contribution in [1.29, 1.82) is 0 Å². The lowest BCUT2D eigenvalue weighted by molar-refractivity contribution is 0.102. The quantitative estimate of drug-likeness (QED) is 0.410. The molecule has 34 heavy (non-hydrogen) atoms. The van der Waals surface area contributed by atoms with Crippen LogP contribution in [-0.4, -0.2) is 47.6 Å². The number of aryl methyl sites for hydroxylation is 1. The van der Waals surface area contributed by atoms with Gasteiger partial charge < -0.3 is 4.90 Å². The maximum Gasteiger partial charge on any atom is 0.261 e. The van der Waals surface area contributed by atoms with Crippen LogP contribution < -0.4 is 10.2 Å². The van der Waals surface area contributed by atoms with Crippen LogP contribution in [0.15, 0.2) is 49.2 Å². The van der Waals surface area contributed by atoms with E-state index in [4.69, 9.17) is 0 Å². The zero-order valence-corrected chi connectivity index (χ0v) is 19.0. The number of hydrogen-bond donors (Lipinski definition) is 2. The number of amides is 1. The number of aromatic amines is 1. The Kier molecular flexibility index (Phi) is 4.95. The highest BCUT2D eigenvalue weighted by molar-refractivity contribution is 7.21. The largest absolute Gasteiger partial charge is 0.366 e. The summed E-state index contributed by atoms with van der Waals surface area (Å²) >= 11 is 1.29. The van der Waals surface area contributed by atoms with Gasteiger partial charge in [0.15, 0.2) is 15.6 Å². The molecule has 1 aliphatic rings. The topological polar surface area (TPSA) is 125 Å². The van der Waals surface area contributed by atoms with Crippen molar-refractivity contribution in [2.24, 2.45) is 0 Å². The van der Waals surface area contributed by atoms with E-state index >= 15 is 0 Å². The fourth-order valence-corrected chi connectivity index (χ4v) is 4.80. The number of carbonyl (C=O) groups is 1. The Morgan fingerprint density at radius 2 is 2.03 bits per heavy atom. The van der Waals surface area contributed by atoms with Crippen molar-refractivity contribution in [3.63, 3.8) is 0 Å². The second-order valence-corrected chi connectivity index (χ2v) is 8.96. The fraction of sp³-hybridized carbons (Fsp3) is 0.174. The molecule has 0 unspecified atom stereocenters. The molecule has 5 aromatic heterocycles. The van der Waals surface area contributed by atoms with E-state index in [1.807, 2.05) is 31.3 Å². The molecule has 0 radical (unpaired) electrons. The van der Waals surface area contributed by atoms with Gasteiger partial charge in [0.05, 0.1) is 29.3 Å². The molecular formula is C23H19N9OS. The summed E-state index contributed by atoms with van der Waals surface area (Å²) in [7, 11) is 0. The predicted molar refractivity (Wildman–Crippen MR) is 129 cm³/mol. The number of carbonyl (C=O) groups excluding carboxylic acids is 1. The van der Waals surface area contributed by atoms with Crippen LogP contribution in [-0.2, 0) is 13.0 Å². The minimum absolute atomic E-state index is 0.270. The summed E-state index contributed by atoms with van der Waals surface area (Å²) in [6.07, 6.45) is 9.40. The van der Waals surface area contributed by atoms with Crippen molar-refractivity contribution in [3.05, 3.63) is 71.7 Å². The molecule has 0 saturated carbocycles. The maximum atomic E-state index is 13.3. The Morgan fingerprint density at radius 1 is 1.15 bits per heavy atom. The molecule has 10 nitrogen and oxygen atoms in total. The van der Waals surface area contributed by atoms with E-state index in [0.29, 0.717) is 27.7 Å². The van der Waals surface area contributed by atoms with Gasteiger partial charge >= 0.3 is 0 Å². The molecule has 0 fully saturated rings. The summed E-state index contributed by atoms with van der Waals surface area (Å²) in [5.74, 6) is -0.270. The molecule has 1 amide bonds. The van der Waals surface area contributed by atoms with E-state index in [2.05, 4.69) is 45.3 Å². The molecule has 0 spiro atoms. The minimum Gasteiger partial charge on any atom is -0.366 e. The molecule has 2 N–H and O–H groups in total. The highest BCUT2D eigenvalue weighted by Crippen LogP contribution is 2.29. The lowest BCUT2D eigenvalue weighted by atomic mass is 10.1. The van der Waals surface area contributed by atoms with Crippen LogP contribution in [0.1, 0.15) is 27.3 Å². The Bertz CT molecular complexity index is 1510. The average Bonchev–Trinajstić information content (AvgIpc) is 3.49. The zero-order valence-electron chi connectivity index (χ0n) is 18.2. The summed E-state index contributed by atoms with van der Waals surface area (Å²) in [5, 5.41) is 10.5. The van der Waals surface area contributed by atoms with E-state index in [1.165, 1.54) is 11.3 Å². The number of aromatic nitrogens is 7. The Morgan fingerprint density at radius 3 is 2.91 bits per heavy atom. The van der Waals surface area contributed by atoms with Crippen LogP contribution in [0.4, 0.5) is 10.8 Å². The van der Waals surface area contributed by atoms with E-state index < -0.39 is 0 Å². The first-order valence-corrected chi connectivity index (χ1v) is 11.5. The standard InChI is InChI=1S/C23H19N9OS/c1-13-8-19(32-7-4-17-15(12-32)9-27-31-17)16(10-25-13)21(33)30-23-29-20-22(34-23)28-18(11-26-20)14-2-5-24-6-3-14/h2-3,5-6,8-11H,4,7,12H2,1H3,(H,27,31)(H,26,29,30,33). The van der Waals surface area contributed by atoms with Crippen LogP contribution in [0.25, 0.3) is 21.7 Å². The number of nitrogens with one attached hydrogen (secondary N) is 2. The number of rotatable bonds is 4.